The molecule has 270 valence electrons. The highest BCUT2D eigenvalue weighted by Gasteiger charge is 2.63. The number of halogens is 1. The lowest BCUT2D eigenvalue weighted by molar-refractivity contribution is -0.130. The van der Waals surface area contributed by atoms with E-state index in [1.807, 2.05) is 24.3 Å². The first-order valence-electron chi connectivity index (χ1n) is 16.5. The first-order chi connectivity index (χ1) is 25.0. The molecule has 0 bridgehead atoms. The molecule has 2 N–H and O–H groups in total. The van der Waals surface area contributed by atoms with E-state index in [1.165, 1.54) is 39.0 Å². The third kappa shape index (κ3) is 5.21. The normalized spacial score (nSPS) is 20.1. The maximum Gasteiger partial charge on any atom is 0.329 e. The minimum atomic E-state index is -2.04. The molecule has 1 spiro atoms. The highest BCUT2D eigenvalue weighted by Crippen LogP contribution is 2.56. The number of benzene rings is 3. The van der Waals surface area contributed by atoms with Gasteiger partial charge in [-0.15, -0.1) is 0 Å². The molecule has 0 fully saturated rings. The third-order valence-corrected chi connectivity index (χ3v) is 10.4. The zero-order chi connectivity index (χ0) is 37.1. The summed E-state index contributed by atoms with van der Waals surface area (Å²) in [5.74, 6) is -0.940. The predicted octanol–water partition coefficient (Wildman–Crippen LogP) is 4.82. The molecule has 3 heterocycles. The molecule has 2 aliphatic heterocycles. The first-order valence-corrected chi connectivity index (χ1v) is 16.9. The molecule has 0 saturated carbocycles. The fourth-order valence-electron chi connectivity index (χ4n) is 7.35. The van der Waals surface area contributed by atoms with Gasteiger partial charge in [-0.2, -0.15) is 0 Å². The summed E-state index contributed by atoms with van der Waals surface area (Å²) in [6.07, 6.45) is 0.764. The Morgan fingerprint density at radius 2 is 1.60 bits per heavy atom. The molecule has 52 heavy (non-hydrogen) atoms. The van der Waals surface area contributed by atoms with Crippen LogP contribution in [-0.4, -0.2) is 61.8 Å². The van der Waals surface area contributed by atoms with Crippen LogP contribution >= 0.6 is 11.6 Å². The predicted molar refractivity (Wildman–Crippen MR) is 191 cm³/mol. The molecule has 13 nitrogen and oxygen atoms in total. The Morgan fingerprint density at radius 1 is 0.885 bits per heavy atom. The van der Waals surface area contributed by atoms with E-state index in [0.29, 0.717) is 35.8 Å². The van der Waals surface area contributed by atoms with Gasteiger partial charge in [0.25, 0.3) is 5.56 Å². The zero-order valence-electron chi connectivity index (χ0n) is 29.3. The molecule has 3 atom stereocenters. The molecule has 0 radical (unpaired) electrons. The molecule has 1 aliphatic carbocycles. The average molecular weight is 730 g/mol. The smallest absolute Gasteiger partial charge is 0.329 e. The lowest BCUT2D eigenvalue weighted by atomic mass is 9.66. The van der Waals surface area contributed by atoms with Crippen molar-refractivity contribution in [3.05, 3.63) is 108 Å². The molecule has 14 heteroatoms. The highest BCUT2D eigenvalue weighted by molar-refractivity contribution is 6.36. The van der Waals surface area contributed by atoms with Crippen molar-refractivity contribution in [2.45, 2.75) is 31.3 Å². The number of nitrogens with one attached hydrogen (secondary N) is 2. The number of nitrogens with zero attached hydrogens (tertiary/aromatic N) is 1. The third-order valence-electron chi connectivity index (χ3n) is 10.1. The zero-order valence-corrected chi connectivity index (χ0v) is 30.1. The summed E-state index contributed by atoms with van der Waals surface area (Å²) >= 11 is 6.66. The van der Waals surface area contributed by atoms with E-state index in [0.717, 1.165) is 11.3 Å². The largest absolute Gasteiger partial charge is 0.497 e. The van der Waals surface area contributed by atoms with Crippen LogP contribution < -0.4 is 45.0 Å². The van der Waals surface area contributed by atoms with E-state index in [4.69, 9.17) is 40.0 Å². The molecule has 0 saturated heterocycles. The van der Waals surface area contributed by atoms with Crippen molar-refractivity contribution >= 4 is 29.0 Å². The Bertz CT molecular complexity index is 2290. The fourth-order valence-corrected chi connectivity index (χ4v) is 7.62. The molecule has 4 aromatic rings. The number of Topliss-reactive ketones (excluding diaryl/α,β-unsaturated/α-hetero) is 2. The SMILES string of the molecule is COc1ccc(CCOc2ccc(C3C4=C(C[C@@H](C)[C@]5(Oc6c(Cl)c(OC)cc(OC)c6C5=O)C4=O)Nc4c3c(=O)[nH]c(=O)n4C)cc2OC)cc1. The van der Waals surface area contributed by atoms with Crippen molar-refractivity contribution in [1.29, 1.82) is 0 Å². The summed E-state index contributed by atoms with van der Waals surface area (Å²) in [6.45, 7) is 2.07. The molecular formula is C38H36ClN3O10. The lowest BCUT2D eigenvalue weighted by Crippen LogP contribution is -2.58. The Hall–Kier alpha value is -5.69. The number of carbonyl (C=O) groups is 2. The second kappa shape index (κ2) is 13.1. The van der Waals surface area contributed by atoms with Crippen LogP contribution in [0.3, 0.4) is 0 Å². The number of ether oxygens (including phenoxy) is 6. The van der Waals surface area contributed by atoms with Crippen LogP contribution in [0, 0.1) is 5.92 Å². The number of aromatic nitrogens is 2. The molecule has 7 rings (SSSR count). The van der Waals surface area contributed by atoms with E-state index in [2.05, 4.69) is 10.3 Å². The van der Waals surface area contributed by atoms with Gasteiger partial charge >= 0.3 is 5.69 Å². The monoisotopic (exact) mass is 729 g/mol. The van der Waals surface area contributed by atoms with Crippen LogP contribution in [0.2, 0.25) is 5.02 Å². The van der Waals surface area contributed by atoms with Gasteiger partial charge in [-0.3, -0.25) is 23.9 Å². The van der Waals surface area contributed by atoms with E-state index < -0.39 is 40.3 Å². The van der Waals surface area contributed by atoms with Crippen LogP contribution in [0.15, 0.2) is 69.4 Å². The summed E-state index contributed by atoms with van der Waals surface area (Å²) in [5.41, 5.74) is -1.13. The summed E-state index contributed by atoms with van der Waals surface area (Å²) < 4.78 is 35.7. The number of fused-ring (bicyclic) bond motifs is 2. The van der Waals surface area contributed by atoms with Gasteiger partial charge in [0, 0.05) is 42.6 Å². The topological polar surface area (TPSA) is 156 Å². The number of hydrogen-bond donors (Lipinski definition) is 2. The van der Waals surface area contributed by atoms with Crippen LogP contribution in [0.4, 0.5) is 5.82 Å². The standard InChI is InChI=1S/C38H36ClN3O10/c1-18-15-22-28(33(43)38(18)34(44)29-25(49-5)17-26(50-6)31(39)32(29)52-38)27(30-35(40-22)42(2)37(46)41-36(30)45)20-9-12-23(24(16-20)48-4)51-14-13-19-7-10-21(47-3)11-8-19/h7-12,16-18,27,40H,13-15H2,1-6H3,(H,41,45,46)/t18-,27?,38+/m1/s1. The van der Waals surface area contributed by atoms with E-state index >= 15 is 4.79 Å². The van der Waals surface area contributed by atoms with Gasteiger partial charge in [-0.1, -0.05) is 36.7 Å². The van der Waals surface area contributed by atoms with Gasteiger partial charge < -0.3 is 33.7 Å². The fraction of sp³-hybridized carbons (Fsp3) is 0.316. The molecule has 3 aliphatic rings. The second-order valence-corrected chi connectivity index (χ2v) is 13.2. The maximum atomic E-state index is 15.1. The Morgan fingerprint density at radius 3 is 2.27 bits per heavy atom. The van der Waals surface area contributed by atoms with E-state index in [1.54, 1.807) is 32.2 Å². The summed E-state index contributed by atoms with van der Waals surface area (Å²) in [4.78, 5) is 58.5. The van der Waals surface area contributed by atoms with E-state index in [-0.39, 0.29) is 51.2 Å². The van der Waals surface area contributed by atoms with Crippen LogP contribution in [0.25, 0.3) is 0 Å². The van der Waals surface area contributed by atoms with Crippen molar-refractivity contribution in [3.63, 3.8) is 0 Å². The molecular weight excluding hydrogens is 694 g/mol. The van der Waals surface area contributed by atoms with Crippen LogP contribution in [0.1, 0.15) is 46.3 Å². The summed E-state index contributed by atoms with van der Waals surface area (Å²) in [7, 11) is 7.42. The van der Waals surface area contributed by atoms with Crippen molar-refractivity contribution in [2.24, 2.45) is 13.0 Å². The molecule has 0 amide bonds. The second-order valence-electron chi connectivity index (χ2n) is 12.8. The van der Waals surface area contributed by atoms with E-state index in [9.17, 15) is 14.4 Å². The minimum Gasteiger partial charge on any atom is -0.497 e. The quantitative estimate of drug-likeness (QED) is 0.228. The highest BCUT2D eigenvalue weighted by atomic mass is 35.5. The molecule has 3 aromatic carbocycles. The minimum absolute atomic E-state index is 0.0192. The van der Waals surface area contributed by atoms with Gasteiger partial charge in [0.2, 0.25) is 17.2 Å². The van der Waals surface area contributed by atoms with Gasteiger partial charge in [-0.25, -0.2) is 4.79 Å². The number of ketones is 2. The average Bonchev–Trinajstić information content (AvgIpc) is 3.47. The van der Waals surface area contributed by atoms with Gasteiger partial charge in [0.1, 0.15) is 33.7 Å². The number of anilines is 1. The molecule has 1 unspecified atom stereocenters. The Balaban J connectivity index is 1.32. The van der Waals surface area contributed by atoms with Gasteiger partial charge in [0.15, 0.2) is 17.2 Å². The molecule has 1 aromatic heterocycles. The first kappa shape index (κ1) is 34.7. The van der Waals surface area contributed by atoms with Gasteiger partial charge in [-0.05, 0) is 41.8 Å². The maximum absolute atomic E-state index is 15.1. The lowest BCUT2D eigenvalue weighted by Gasteiger charge is -2.42. The number of hydrogen-bond acceptors (Lipinski definition) is 11. The summed E-state index contributed by atoms with van der Waals surface area (Å²) in [5, 5.41) is 3.21. The number of rotatable bonds is 9. The van der Waals surface area contributed by atoms with Crippen molar-refractivity contribution in [3.8, 4) is 34.5 Å². The Labute approximate surface area is 303 Å². The van der Waals surface area contributed by atoms with Gasteiger partial charge in [0.05, 0.1) is 40.6 Å². The van der Waals surface area contributed by atoms with Crippen molar-refractivity contribution in [1.82, 2.24) is 9.55 Å². The number of allylic oxidation sites excluding steroid dienone is 1. The number of methoxy groups -OCH3 is 4. The summed E-state index contributed by atoms with van der Waals surface area (Å²) in [6, 6.07) is 14.3. The number of carbonyl (C=O) groups excluding carboxylic acids is 2. The van der Waals surface area contributed by atoms with Crippen molar-refractivity contribution in [2.75, 3.05) is 40.4 Å². The van der Waals surface area contributed by atoms with Crippen LogP contribution in [-0.2, 0) is 18.3 Å². The number of H-pyrrole nitrogens is 1. The number of aromatic amines is 1. The van der Waals surface area contributed by atoms with Crippen LogP contribution in [0.5, 0.6) is 34.5 Å². The van der Waals surface area contributed by atoms with Crippen molar-refractivity contribution < 1.29 is 38.0 Å². The Kier molecular flexibility index (Phi) is 8.77.